The van der Waals surface area contributed by atoms with Gasteiger partial charge in [-0.25, -0.2) is 0 Å². The molecule has 1 rings (SSSR count). The molecule has 0 fully saturated rings. The van der Waals surface area contributed by atoms with Crippen molar-refractivity contribution in [1.82, 2.24) is 4.90 Å². The Balaban J connectivity index is 2.85. The molecule has 0 radical (unpaired) electrons. The number of halogens is 1. The van der Waals surface area contributed by atoms with Crippen molar-refractivity contribution < 1.29 is 19.6 Å². The maximum atomic E-state index is 11.8. The zero-order chi connectivity index (χ0) is 16.2. The number of likely N-dealkylation sites (N-methyl/N-ethyl adjacent to an activating group) is 1. The van der Waals surface area contributed by atoms with Gasteiger partial charge in [0.25, 0.3) is 5.69 Å². The lowest BCUT2D eigenvalue weighted by Gasteiger charge is -2.19. The zero-order valence-corrected chi connectivity index (χ0v) is 12.1. The third-order valence-electron chi connectivity index (χ3n) is 2.72. The average molecular weight is 316 g/mol. The molecular formula is C12H14ClN3O5. The lowest BCUT2D eigenvalue weighted by molar-refractivity contribution is -0.384. The second kappa shape index (κ2) is 7.00. The number of anilines is 1. The Bertz CT molecular complexity index is 576. The standard InChI is InChI=1S/C12H14ClN3O5/c1-15(2)10(12(18)19)6-11(17)14-9-5-7(16(20)21)3-4-8(9)13/h3-5,10H,6H2,1-2H3,(H,14,17)(H,18,19). The van der Waals surface area contributed by atoms with Gasteiger partial charge in [-0.15, -0.1) is 0 Å². The fourth-order valence-corrected chi connectivity index (χ4v) is 1.76. The van der Waals surface area contributed by atoms with E-state index < -0.39 is 22.8 Å². The number of amides is 1. The molecule has 0 aliphatic rings. The van der Waals surface area contributed by atoms with E-state index in [2.05, 4.69) is 5.32 Å². The number of nitro groups is 1. The summed E-state index contributed by atoms with van der Waals surface area (Å²) in [7, 11) is 3.07. The van der Waals surface area contributed by atoms with Crippen LogP contribution in [0.15, 0.2) is 18.2 Å². The summed E-state index contributed by atoms with van der Waals surface area (Å²) >= 11 is 5.84. The Morgan fingerprint density at radius 3 is 2.57 bits per heavy atom. The number of nitrogens with one attached hydrogen (secondary N) is 1. The molecule has 0 spiro atoms. The van der Waals surface area contributed by atoms with Crippen molar-refractivity contribution in [3.05, 3.63) is 33.3 Å². The summed E-state index contributed by atoms with van der Waals surface area (Å²) in [6, 6.07) is 2.61. The Labute approximate surface area is 125 Å². The fourth-order valence-electron chi connectivity index (χ4n) is 1.59. The molecule has 0 aliphatic carbocycles. The van der Waals surface area contributed by atoms with Gasteiger partial charge in [0.1, 0.15) is 6.04 Å². The number of nitro benzene ring substituents is 1. The van der Waals surface area contributed by atoms with E-state index in [1.165, 1.54) is 31.1 Å². The number of rotatable bonds is 6. The number of carboxylic acids is 1. The van der Waals surface area contributed by atoms with Gasteiger partial charge in [0.05, 0.1) is 22.1 Å². The summed E-state index contributed by atoms with van der Waals surface area (Å²) in [4.78, 5) is 34.3. The van der Waals surface area contributed by atoms with E-state index in [0.717, 1.165) is 6.07 Å². The molecule has 114 valence electrons. The largest absolute Gasteiger partial charge is 0.480 e. The Morgan fingerprint density at radius 2 is 2.10 bits per heavy atom. The molecule has 8 nitrogen and oxygen atoms in total. The van der Waals surface area contributed by atoms with Gasteiger partial charge in [0.2, 0.25) is 5.91 Å². The summed E-state index contributed by atoms with van der Waals surface area (Å²) < 4.78 is 0. The van der Waals surface area contributed by atoms with Crippen molar-refractivity contribution >= 4 is 34.9 Å². The van der Waals surface area contributed by atoms with E-state index in [9.17, 15) is 19.7 Å². The van der Waals surface area contributed by atoms with E-state index in [1.807, 2.05) is 0 Å². The highest BCUT2D eigenvalue weighted by Crippen LogP contribution is 2.26. The van der Waals surface area contributed by atoms with Gasteiger partial charge in [-0.2, -0.15) is 0 Å². The van der Waals surface area contributed by atoms with Crippen molar-refractivity contribution in [3.63, 3.8) is 0 Å². The number of carboxylic acid groups (broad SMARTS) is 1. The topological polar surface area (TPSA) is 113 Å². The van der Waals surface area contributed by atoms with Crippen LogP contribution in [0.3, 0.4) is 0 Å². The van der Waals surface area contributed by atoms with Gasteiger partial charge in [-0.3, -0.25) is 24.6 Å². The molecule has 9 heteroatoms. The third kappa shape index (κ3) is 4.69. The van der Waals surface area contributed by atoms with Crippen LogP contribution in [0.4, 0.5) is 11.4 Å². The quantitative estimate of drug-likeness (QED) is 0.609. The van der Waals surface area contributed by atoms with Crippen LogP contribution >= 0.6 is 11.6 Å². The molecule has 1 unspecified atom stereocenters. The Morgan fingerprint density at radius 1 is 1.48 bits per heavy atom. The average Bonchev–Trinajstić information content (AvgIpc) is 2.37. The Hall–Kier alpha value is -2.19. The first-order chi connectivity index (χ1) is 9.72. The molecule has 21 heavy (non-hydrogen) atoms. The highest BCUT2D eigenvalue weighted by Gasteiger charge is 2.24. The molecule has 1 amide bonds. The van der Waals surface area contributed by atoms with Crippen LogP contribution in [-0.2, 0) is 9.59 Å². The first kappa shape index (κ1) is 16.9. The van der Waals surface area contributed by atoms with Crippen LogP contribution in [0.2, 0.25) is 5.02 Å². The minimum atomic E-state index is -1.14. The van der Waals surface area contributed by atoms with E-state index in [1.54, 1.807) is 0 Å². The molecule has 0 saturated heterocycles. The number of non-ortho nitro benzene ring substituents is 1. The van der Waals surface area contributed by atoms with Crippen LogP contribution in [0.5, 0.6) is 0 Å². The number of hydrogen-bond donors (Lipinski definition) is 2. The number of aliphatic carboxylic acids is 1. The number of benzene rings is 1. The van der Waals surface area contributed by atoms with Crippen molar-refractivity contribution in [1.29, 1.82) is 0 Å². The number of hydrogen-bond acceptors (Lipinski definition) is 5. The highest BCUT2D eigenvalue weighted by molar-refractivity contribution is 6.33. The molecule has 0 aliphatic heterocycles. The summed E-state index contributed by atoms with van der Waals surface area (Å²) in [6.45, 7) is 0. The maximum Gasteiger partial charge on any atom is 0.321 e. The Kier molecular flexibility index (Phi) is 5.62. The second-order valence-electron chi connectivity index (χ2n) is 4.49. The van der Waals surface area contributed by atoms with Crippen molar-refractivity contribution in [2.24, 2.45) is 0 Å². The summed E-state index contributed by atoms with van der Waals surface area (Å²) in [6.07, 6.45) is -0.304. The lowest BCUT2D eigenvalue weighted by atomic mass is 10.1. The summed E-state index contributed by atoms with van der Waals surface area (Å²) in [5, 5.41) is 22.2. The molecule has 2 N–H and O–H groups in total. The minimum absolute atomic E-state index is 0.0683. The van der Waals surface area contributed by atoms with Gasteiger partial charge in [-0.1, -0.05) is 11.6 Å². The van der Waals surface area contributed by atoms with Crippen LogP contribution in [0.1, 0.15) is 6.42 Å². The van der Waals surface area contributed by atoms with Crippen molar-refractivity contribution in [2.45, 2.75) is 12.5 Å². The van der Waals surface area contributed by atoms with Crippen LogP contribution < -0.4 is 5.32 Å². The molecule has 0 bridgehead atoms. The van der Waals surface area contributed by atoms with Crippen LogP contribution in [0.25, 0.3) is 0 Å². The normalized spacial score (nSPS) is 12.0. The minimum Gasteiger partial charge on any atom is -0.480 e. The first-order valence-corrected chi connectivity index (χ1v) is 6.23. The first-order valence-electron chi connectivity index (χ1n) is 5.85. The molecule has 0 saturated carbocycles. The monoisotopic (exact) mass is 315 g/mol. The van der Waals surface area contributed by atoms with Gasteiger partial charge >= 0.3 is 5.97 Å². The molecule has 1 aromatic carbocycles. The lowest BCUT2D eigenvalue weighted by Crippen LogP contribution is -2.38. The SMILES string of the molecule is CN(C)C(CC(=O)Nc1cc([N+](=O)[O-])ccc1Cl)C(=O)O. The van der Waals surface area contributed by atoms with E-state index in [0.29, 0.717) is 0 Å². The molecule has 1 aromatic rings. The van der Waals surface area contributed by atoms with Gasteiger partial charge in [0.15, 0.2) is 0 Å². The molecule has 0 heterocycles. The number of carbonyl (C=O) groups excluding carboxylic acids is 1. The molecule has 1 atom stereocenters. The van der Waals surface area contributed by atoms with Crippen LogP contribution in [-0.4, -0.2) is 46.9 Å². The smallest absolute Gasteiger partial charge is 0.321 e. The highest BCUT2D eigenvalue weighted by atomic mass is 35.5. The second-order valence-corrected chi connectivity index (χ2v) is 4.90. The molecular weight excluding hydrogens is 302 g/mol. The van der Waals surface area contributed by atoms with E-state index in [-0.39, 0.29) is 22.8 Å². The van der Waals surface area contributed by atoms with Gasteiger partial charge < -0.3 is 10.4 Å². The number of carbonyl (C=O) groups is 2. The summed E-state index contributed by atoms with van der Waals surface area (Å²) in [5.41, 5.74) is -0.157. The number of nitrogens with zero attached hydrogens (tertiary/aromatic N) is 2. The fraction of sp³-hybridized carbons (Fsp3) is 0.333. The predicted octanol–water partition coefficient (Wildman–Crippen LogP) is 1.59. The van der Waals surface area contributed by atoms with E-state index >= 15 is 0 Å². The van der Waals surface area contributed by atoms with Gasteiger partial charge in [0, 0.05) is 12.1 Å². The van der Waals surface area contributed by atoms with E-state index in [4.69, 9.17) is 16.7 Å². The van der Waals surface area contributed by atoms with Gasteiger partial charge in [-0.05, 0) is 20.2 Å². The predicted molar refractivity (Wildman–Crippen MR) is 76.5 cm³/mol. The van der Waals surface area contributed by atoms with Crippen LogP contribution in [0, 0.1) is 10.1 Å². The van der Waals surface area contributed by atoms with Crippen molar-refractivity contribution in [3.8, 4) is 0 Å². The third-order valence-corrected chi connectivity index (χ3v) is 3.05. The van der Waals surface area contributed by atoms with Crippen molar-refractivity contribution in [2.75, 3.05) is 19.4 Å². The summed E-state index contributed by atoms with van der Waals surface area (Å²) in [5.74, 6) is -1.74. The molecule has 0 aromatic heterocycles. The maximum absolute atomic E-state index is 11.8. The zero-order valence-electron chi connectivity index (χ0n) is 11.4.